The van der Waals surface area contributed by atoms with Gasteiger partial charge in [0.15, 0.2) is 0 Å². The third kappa shape index (κ3) is 3.38. The Morgan fingerprint density at radius 1 is 1.24 bits per heavy atom. The number of amides is 4. The van der Waals surface area contributed by atoms with Crippen LogP contribution in [0.15, 0.2) is 30.3 Å². The quantitative estimate of drug-likeness (QED) is 0.822. The number of rotatable bonds is 4. The fourth-order valence-electron chi connectivity index (χ4n) is 3.73. The first kappa shape index (κ1) is 17.5. The predicted molar refractivity (Wildman–Crippen MR) is 93.6 cm³/mol. The molecule has 0 bridgehead atoms. The SMILES string of the molecule is C[C@@H]1CCCC[C@@H]1NC(=O)CN1C(=O)N[C@@](C)(c2ccccc2)C1=O. The topological polar surface area (TPSA) is 78.5 Å². The molecule has 25 heavy (non-hydrogen) atoms. The van der Waals surface area contributed by atoms with Gasteiger partial charge in [-0.15, -0.1) is 0 Å². The number of imide groups is 1. The van der Waals surface area contributed by atoms with Crippen molar-refractivity contribution in [3.8, 4) is 0 Å². The molecule has 1 saturated heterocycles. The van der Waals surface area contributed by atoms with Crippen LogP contribution in [0, 0.1) is 5.92 Å². The molecular formula is C19H25N3O3. The van der Waals surface area contributed by atoms with E-state index in [2.05, 4.69) is 17.6 Å². The third-order valence-electron chi connectivity index (χ3n) is 5.39. The largest absolute Gasteiger partial charge is 0.352 e. The van der Waals surface area contributed by atoms with Crippen LogP contribution in [0.5, 0.6) is 0 Å². The smallest absolute Gasteiger partial charge is 0.325 e. The van der Waals surface area contributed by atoms with Gasteiger partial charge in [-0.2, -0.15) is 0 Å². The highest BCUT2D eigenvalue weighted by molar-refractivity contribution is 6.09. The van der Waals surface area contributed by atoms with Crippen molar-refractivity contribution in [1.82, 2.24) is 15.5 Å². The van der Waals surface area contributed by atoms with E-state index in [4.69, 9.17) is 0 Å². The van der Waals surface area contributed by atoms with E-state index in [-0.39, 0.29) is 18.5 Å². The van der Waals surface area contributed by atoms with Crippen molar-refractivity contribution in [2.45, 2.75) is 51.1 Å². The Kier molecular flexibility index (Phi) is 4.79. The highest BCUT2D eigenvalue weighted by Gasteiger charge is 2.49. The van der Waals surface area contributed by atoms with Gasteiger partial charge < -0.3 is 10.6 Å². The lowest BCUT2D eigenvalue weighted by atomic mass is 9.86. The van der Waals surface area contributed by atoms with Gasteiger partial charge in [-0.25, -0.2) is 4.79 Å². The second-order valence-corrected chi connectivity index (χ2v) is 7.25. The first-order valence-corrected chi connectivity index (χ1v) is 8.91. The highest BCUT2D eigenvalue weighted by Crippen LogP contribution is 2.28. The molecule has 2 N–H and O–H groups in total. The minimum atomic E-state index is -1.13. The van der Waals surface area contributed by atoms with Crippen molar-refractivity contribution < 1.29 is 14.4 Å². The number of carbonyl (C=O) groups excluding carboxylic acids is 3. The van der Waals surface area contributed by atoms with Gasteiger partial charge in [-0.3, -0.25) is 14.5 Å². The average Bonchev–Trinajstić information content (AvgIpc) is 2.82. The summed E-state index contributed by atoms with van der Waals surface area (Å²) >= 11 is 0. The van der Waals surface area contributed by atoms with Crippen LogP contribution in [-0.4, -0.2) is 35.3 Å². The van der Waals surface area contributed by atoms with E-state index in [1.165, 1.54) is 6.42 Å². The Balaban J connectivity index is 1.67. The van der Waals surface area contributed by atoms with E-state index >= 15 is 0 Å². The van der Waals surface area contributed by atoms with Crippen molar-refractivity contribution in [2.75, 3.05) is 6.54 Å². The normalized spacial score (nSPS) is 29.4. The maximum absolute atomic E-state index is 12.8. The zero-order valence-electron chi connectivity index (χ0n) is 14.7. The zero-order chi connectivity index (χ0) is 18.0. The summed E-state index contributed by atoms with van der Waals surface area (Å²) in [6, 6.07) is 8.69. The Morgan fingerprint density at radius 3 is 2.60 bits per heavy atom. The average molecular weight is 343 g/mol. The molecule has 2 aliphatic rings. The number of hydrogen-bond donors (Lipinski definition) is 2. The molecule has 1 aliphatic carbocycles. The molecule has 2 fully saturated rings. The summed E-state index contributed by atoms with van der Waals surface area (Å²) in [6.07, 6.45) is 4.34. The molecule has 6 nitrogen and oxygen atoms in total. The van der Waals surface area contributed by atoms with E-state index in [0.717, 1.165) is 24.2 Å². The summed E-state index contributed by atoms with van der Waals surface area (Å²) in [5.41, 5.74) is -0.423. The predicted octanol–water partition coefficient (Wildman–Crippen LogP) is 2.15. The number of nitrogens with one attached hydrogen (secondary N) is 2. The molecule has 1 aromatic rings. The Morgan fingerprint density at radius 2 is 1.92 bits per heavy atom. The van der Waals surface area contributed by atoms with E-state index < -0.39 is 17.5 Å². The van der Waals surface area contributed by atoms with Gasteiger partial charge in [0.05, 0.1) is 0 Å². The molecule has 6 heteroatoms. The van der Waals surface area contributed by atoms with Crippen LogP contribution < -0.4 is 10.6 Å². The van der Waals surface area contributed by atoms with E-state index in [1.807, 2.05) is 18.2 Å². The molecular weight excluding hydrogens is 318 g/mol. The van der Waals surface area contributed by atoms with Crippen molar-refractivity contribution in [2.24, 2.45) is 5.92 Å². The van der Waals surface area contributed by atoms with E-state index in [9.17, 15) is 14.4 Å². The fourth-order valence-corrected chi connectivity index (χ4v) is 3.73. The Labute approximate surface area is 148 Å². The Bertz CT molecular complexity index is 676. The van der Waals surface area contributed by atoms with Gasteiger partial charge in [0.1, 0.15) is 12.1 Å². The van der Waals surface area contributed by atoms with Gasteiger partial charge in [0.25, 0.3) is 5.91 Å². The monoisotopic (exact) mass is 343 g/mol. The standard InChI is InChI=1S/C19H25N3O3/c1-13-8-6-7-11-15(13)20-16(23)12-22-17(24)19(2,21-18(22)25)14-9-4-3-5-10-14/h3-5,9-10,13,15H,6-8,11-12H2,1-2H3,(H,20,23)(H,21,25)/t13-,15+,19+/m1/s1. The minimum absolute atomic E-state index is 0.127. The highest BCUT2D eigenvalue weighted by atomic mass is 16.2. The van der Waals surface area contributed by atoms with Crippen LogP contribution in [0.4, 0.5) is 4.79 Å². The zero-order valence-corrected chi connectivity index (χ0v) is 14.7. The number of nitrogens with zero attached hydrogens (tertiary/aromatic N) is 1. The van der Waals surface area contributed by atoms with Crippen molar-refractivity contribution >= 4 is 17.8 Å². The second-order valence-electron chi connectivity index (χ2n) is 7.25. The van der Waals surface area contributed by atoms with Gasteiger partial charge >= 0.3 is 6.03 Å². The van der Waals surface area contributed by atoms with Crippen molar-refractivity contribution in [3.63, 3.8) is 0 Å². The summed E-state index contributed by atoms with van der Waals surface area (Å²) in [5.74, 6) is -0.245. The molecule has 1 aromatic carbocycles. The summed E-state index contributed by atoms with van der Waals surface area (Å²) in [6.45, 7) is 3.56. The fraction of sp³-hybridized carbons (Fsp3) is 0.526. The Hall–Kier alpha value is -2.37. The molecule has 134 valence electrons. The number of carbonyl (C=O) groups is 3. The molecule has 3 atom stereocenters. The molecule has 0 radical (unpaired) electrons. The minimum Gasteiger partial charge on any atom is -0.352 e. The van der Waals surface area contributed by atoms with Crippen LogP contribution in [0.1, 0.15) is 45.1 Å². The molecule has 0 unspecified atom stereocenters. The van der Waals surface area contributed by atoms with E-state index in [0.29, 0.717) is 11.5 Å². The molecule has 1 heterocycles. The second kappa shape index (κ2) is 6.86. The molecule has 4 amide bonds. The van der Waals surface area contributed by atoms with Crippen molar-refractivity contribution in [1.29, 1.82) is 0 Å². The molecule has 1 saturated carbocycles. The third-order valence-corrected chi connectivity index (χ3v) is 5.39. The van der Waals surface area contributed by atoms with Gasteiger partial charge in [-0.1, -0.05) is 50.1 Å². The number of benzene rings is 1. The van der Waals surface area contributed by atoms with Crippen LogP contribution in [-0.2, 0) is 15.1 Å². The molecule has 3 rings (SSSR count). The lowest BCUT2D eigenvalue weighted by Crippen LogP contribution is -2.47. The maximum atomic E-state index is 12.8. The number of urea groups is 1. The summed E-state index contributed by atoms with van der Waals surface area (Å²) in [5, 5.41) is 5.71. The molecule has 1 aliphatic heterocycles. The summed E-state index contributed by atoms with van der Waals surface area (Å²) in [7, 11) is 0. The van der Waals surface area contributed by atoms with Crippen LogP contribution in [0.2, 0.25) is 0 Å². The summed E-state index contributed by atoms with van der Waals surface area (Å²) in [4.78, 5) is 38.4. The molecule has 0 aromatic heterocycles. The van der Waals surface area contributed by atoms with Crippen LogP contribution in [0.3, 0.4) is 0 Å². The maximum Gasteiger partial charge on any atom is 0.325 e. The molecule has 0 spiro atoms. The number of hydrogen-bond acceptors (Lipinski definition) is 3. The van der Waals surface area contributed by atoms with Gasteiger partial charge in [-0.05, 0) is 31.2 Å². The first-order chi connectivity index (χ1) is 11.9. The van der Waals surface area contributed by atoms with Gasteiger partial charge in [0, 0.05) is 6.04 Å². The summed E-state index contributed by atoms with van der Waals surface area (Å²) < 4.78 is 0. The van der Waals surface area contributed by atoms with Crippen LogP contribution >= 0.6 is 0 Å². The first-order valence-electron chi connectivity index (χ1n) is 8.91. The lowest BCUT2D eigenvalue weighted by Gasteiger charge is -2.30. The van der Waals surface area contributed by atoms with Gasteiger partial charge in [0.2, 0.25) is 5.91 Å². The van der Waals surface area contributed by atoms with Crippen LogP contribution in [0.25, 0.3) is 0 Å². The van der Waals surface area contributed by atoms with Crippen molar-refractivity contribution in [3.05, 3.63) is 35.9 Å². The van der Waals surface area contributed by atoms with E-state index in [1.54, 1.807) is 19.1 Å². The lowest BCUT2D eigenvalue weighted by molar-refractivity contribution is -0.135.